The van der Waals surface area contributed by atoms with E-state index in [1.165, 1.54) is 7.11 Å². The first kappa shape index (κ1) is 19.6. The lowest BCUT2D eigenvalue weighted by atomic mass is 9.76. The van der Waals surface area contributed by atoms with Gasteiger partial charge in [-0.15, -0.1) is 0 Å². The summed E-state index contributed by atoms with van der Waals surface area (Å²) < 4.78 is 6.20. The van der Waals surface area contributed by atoms with Crippen molar-refractivity contribution in [3.63, 3.8) is 0 Å². The minimum absolute atomic E-state index is 0.0673. The summed E-state index contributed by atoms with van der Waals surface area (Å²) in [6.07, 6.45) is 0.0673. The van der Waals surface area contributed by atoms with E-state index in [1.54, 1.807) is 18.2 Å². The van der Waals surface area contributed by atoms with Gasteiger partial charge in [-0.05, 0) is 23.8 Å². The molecule has 2 aromatic carbocycles. The molecule has 3 N–H and O–H groups in total. The Labute approximate surface area is 175 Å². The Kier molecular flexibility index (Phi) is 4.92. The minimum atomic E-state index is -1.62. The summed E-state index contributed by atoms with van der Waals surface area (Å²) in [6, 6.07) is 13.7. The predicted molar refractivity (Wildman–Crippen MR) is 107 cm³/mol. The van der Waals surface area contributed by atoms with Crippen LogP contribution in [0.3, 0.4) is 0 Å². The predicted octanol–water partition coefficient (Wildman–Crippen LogP) is 2.06. The first-order valence-corrected chi connectivity index (χ1v) is 9.90. The van der Waals surface area contributed by atoms with Gasteiger partial charge in [0.05, 0.1) is 18.9 Å². The van der Waals surface area contributed by atoms with Gasteiger partial charge in [0.25, 0.3) is 0 Å². The highest BCUT2D eigenvalue weighted by Gasteiger charge is 2.66. The van der Waals surface area contributed by atoms with Gasteiger partial charge < -0.3 is 9.84 Å². The normalized spacial score (nSPS) is 28.1. The second-order valence-corrected chi connectivity index (χ2v) is 8.22. The zero-order chi connectivity index (χ0) is 20.8. The molecule has 29 heavy (non-hydrogen) atoms. The fourth-order valence-electron chi connectivity index (χ4n) is 4.50. The number of fused-ring (bicyclic) bond motifs is 1. The molecular formula is C21H19BrN2O5. The van der Waals surface area contributed by atoms with Crippen LogP contribution in [0.4, 0.5) is 0 Å². The molecule has 8 heteroatoms. The molecule has 4 rings (SSSR count). The molecule has 2 fully saturated rings. The van der Waals surface area contributed by atoms with E-state index in [2.05, 4.69) is 26.6 Å². The molecule has 2 aromatic rings. The molecule has 2 saturated heterocycles. The molecule has 0 radical (unpaired) electrons. The summed E-state index contributed by atoms with van der Waals surface area (Å²) in [5.74, 6) is -3.60. The van der Waals surface area contributed by atoms with Gasteiger partial charge in [-0.1, -0.05) is 46.3 Å². The Morgan fingerprint density at radius 2 is 1.90 bits per heavy atom. The number of carboxylic acid groups (broad SMARTS) is 1. The quantitative estimate of drug-likeness (QED) is 0.592. The van der Waals surface area contributed by atoms with Crippen LogP contribution in [0.2, 0.25) is 0 Å². The Balaban J connectivity index is 1.86. The Morgan fingerprint density at radius 3 is 2.55 bits per heavy atom. The van der Waals surface area contributed by atoms with Crippen LogP contribution in [0.15, 0.2) is 53.0 Å². The number of carbonyl (C=O) groups excluding carboxylic acids is 2. The molecule has 2 aliphatic rings. The number of hydrogen-bond acceptors (Lipinski definition) is 5. The van der Waals surface area contributed by atoms with Crippen LogP contribution in [0.1, 0.15) is 17.2 Å². The van der Waals surface area contributed by atoms with Crippen molar-refractivity contribution in [3.05, 3.63) is 64.1 Å². The lowest BCUT2D eigenvalue weighted by Gasteiger charge is -2.30. The number of amides is 2. The van der Waals surface area contributed by atoms with E-state index in [0.29, 0.717) is 11.3 Å². The van der Waals surface area contributed by atoms with Crippen molar-refractivity contribution in [1.29, 1.82) is 0 Å². The van der Waals surface area contributed by atoms with Crippen molar-refractivity contribution >= 4 is 33.7 Å². The molecule has 0 bridgehead atoms. The number of hydrogen-bond donors (Lipinski definition) is 3. The van der Waals surface area contributed by atoms with Gasteiger partial charge in [0.15, 0.2) is 0 Å². The molecule has 2 heterocycles. The molecule has 0 spiro atoms. The van der Waals surface area contributed by atoms with E-state index in [-0.39, 0.29) is 6.42 Å². The summed E-state index contributed by atoms with van der Waals surface area (Å²) >= 11 is 3.42. The number of carboxylic acids is 1. The third-order valence-electron chi connectivity index (χ3n) is 5.73. The number of imide groups is 1. The Hall–Kier alpha value is -2.71. The van der Waals surface area contributed by atoms with Crippen LogP contribution in [-0.2, 0) is 20.8 Å². The average Bonchev–Trinajstić information content (AvgIpc) is 3.20. The molecule has 4 unspecified atom stereocenters. The zero-order valence-corrected chi connectivity index (χ0v) is 17.1. The van der Waals surface area contributed by atoms with Gasteiger partial charge in [-0.2, -0.15) is 0 Å². The molecular weight excluding hydrogens is 440 g/mol. The smallest absolute Gasteiger partial charge is 0.325 e. The van der Waals surface area contributed by atoms with E-state index < -0.39 is 41.2 Å². The van der Waals surface area contributed by atoms with Crippen molar-refractivity contribution < 1.29 is 24.2 Å². The number of aliphatic carboxylic acids is 1. The largest absolute Gasteiger partial charge is 0.496 e. The minimum Gasteiger partial charge on any atom is -0.496 e. The van der Waals surface area contributed by atoms with Crippen molar-refractivity contribution in [1.82, 2.24) is 10.6 Å². The second-order valence-electron chi connectivity index (χ2n) is 7.30. The molecule has 2 aliphatic heterocycles. The van der Waals surface area contributed by atoms with Crippen LogP contribution < -0.4 is 15.4 Å². The molecule has 7 nitrogen and oxygen atoms in total. The summed E-state index contributed by atoms with van der Waals surface area (Å²) in [4.78, 5) is 37.9. The van der Waals surface area contributed by atoms with E-state index in [4.69, 9.17) is 4.74 Å². The fraction of sp³-hybridized carbons (Fsp3) is 0.286. The van der Waals surface area contributed by atoms with Gasteiger partial charge in [0, 0.05) is 22.5 Å². The van der Waals surface area contributed by atoms with Crippen molar-refractivity contribution in [3.8, 4) is 5.75 Å². The second kappa shape index (κ2) is 7.27. The van der Waals surface area contributed by atoms with Gasteiger partial charge in [0.2, 0.25) is 11.8 Å². The third-order valence-corrected chi connectivity index (χ3v) is 6.22. The van der Waals surface area contributed by atoms with Crippen molar-refractivity contribution in [2.45, 2.75) is 18.0 Å². The van der Waals surface area contributed by atoms with Crippen LogP contribution in [0.25, 0.3) is 0 Å². The molecule has 4 atom stereocenters. The van der Waals surface area contributed by atoms with Gasteiger partial charge in [0.1, 0.15) is 11.3 Å². The number of ether oxygens (including phenoxy) is 1. The SMILES string of the molecule is COc1ccc(Br)cc1C1NC(Cc2ccccc2)(C(=O)O)C2C(=O)NC(=O)C12. The molecule has 150 valence electrons. The summed E-state index contributed by atoms with van der Waals surface area (Å²) in [5, 5.41) is 15.7. The molecule has 0 aromatic heterocycles. The summed E-state index contributed by atoms with van der Waals surface area (Å²) in [7, 11) is 1.51. The van der Waals surface area contributed by atoms with Crippen LogP contribution >= 0.6 is 15.9 Å². The molecule has 0 saturated carbocycles. The van der Waals surface area contributed by atoms with Gasteiger partial charge >= 0.3 is 5.97 Å². The van der Waals surface area contributed by atoms with E-state index in [1.807, 2.05) is 30.3 Å². The molecule has 2 amide bonds. The Bertz CT molecular complexity index is 996. The first-order valence-electron chi connectivity index (χ1n) is 9.10. The summed E-state index contributed by atoms with van der Waals surface area (Å²) in [5.41, 5.74) is -0.242. The maximum absolute atomic E-state index is 12.7. The highest BCUT2D eigenvalue weighted by Crippen LogP contribution is 2.49. The van der Waals surface area contributed by atoms with Crippen molar-refractivity contribution in [2.75, 3.05) is 7.11 Å². The van der Waals surface area contributed by atoms with Crippen LogP contribution in [-0.4, -0.2) is 35.5 Å². The summed E-state index contributed by atoms with van der Waals surface area (Å²) in [6.45, 7) is 0. The first-order chi connectivity index (χ1) is 13.9. The van der Waals surface area contributed by atoms with Crippen molar-refractivity contribution in [2.24, 2.45) is 11.8 Å². The number of methoxy groups -OCH3 is 1. The molecule has 0 aliphatic carbocycles. The number of nitrogens with one attached hydrogen (secondary N) is 2. The van der Waals surface area contributed by atoms with Crippen LogP contribution in [0, 0.1) is 11.8 Å². The number of benzene rings is 2. The topological polar surface area (TPSA) is 105 Å². The maximum Gasteiger partial charge on any atom is 0.325 e. The van der Waals surface area contributed by atoms with E-state index in [9.17, 15) is 19.5 Å². The standard InChI is InChI=1S/C21H19BrN2O5/c1-29-14-8-7-12(22)9-13(14)17-15-16(19(26)23-18(15)25)21(24-17,20(27)28)10-11-5-3-2-4-6-11/h2-9,15-17,24H,10H2,1H3,(H,27,28)(H,23,25,26). The van der Waals surface area contributed by atoms with E-state index in [0.717, 1.165) is 10.0 Å². The highest BCUT2D eigenvalue weighted by molar-refractivity contribution is 9.10. The van der Waals surface area contributed by atoms with E-state index >= 15 is 0 Å². The number of halogens is 1. The van der Waals surface area contributed by atoms with Gasteiger partial charge in [-0.25, -0.2) is 0 Å². The highest BCUT2D eigenvalue weighted by atomic mass is 79.9. The average molecular weight is 459 g/mol. The maximum atomic E-state index is 12.7. The fourth-order valence-corrected chi connectivity index (χ4v) is 4.88. The Morgan fingerprint density at radius 1 is 1.17 bits per heavy atom. The lowest BCUT2D eigenvalue weighted by Crippen LogP contribution is -2.57. The van der Waals surface area contributed by atoms with Crippen LogP contribution in [0.5, 0.6) is 5.75 Å². The number of carbonyl (C=O) groups is 3. The van der Waals surface area contributed by atoms with Gasteiger partial charge in [-0.3, -0.25) is 25.0 Å². The number of rotatable bonds is 5. The monoisotopic (exact) mass is 458 g/mol. The zero-order valence-electron chi connectivity index (χ0n) is 15.5. The lowest BCUT2D eigenvalue weighted by molar-refractivity contribution is -0.149. The third kappa shape index (κ3) is 3.12.